The van der Waals surface area contributed by atoms with E-state index in [0.29, 0.717) is 51.7 Å². The van der Waals surface area contributed by atoms with Gasteiger partial charge in [0.1, 0.15) is 0 Å². The van der Waals surface area contributed by atoms with Gasteiger partial charge in [-0.15, -0.1) is 0 Å². The van der Waals surface area contributed by atoms with Crippen molar-refractivity contribution >= 4 is 11.8 Å². The molecule has 2 heterocycles. The summed E-state index contributed by atoms with van der Waals surface area (Å²) in [6.45, 7) is 1.33. The fourth-order valence-electron chi connectivity index (χ4n) is 3.71. The second-order valence-electron chi connectivity index (χ2n) is 8.11. The van der Waals surface area contributed by atoms with E-state index < -0.39 is 12.2 Å². The van der Waals surface area contributed by atoms with Gasteiger partial charge in [-0.05, 0) is 44.1 Å². The predicted molar refractivity (Wildman–Crippen MR) is 124 cm³/mol. The Hall–Kier alpha value is -2.04. The minimum absolute atomic E-state index is 0.0167. The van der Waals surface area contributed by atoms with Crippen molar-refractivity contribution in [3.05, 3.63) is 35.9 Å². The molecule has 1 aromatic carbocycles. The van der Waals surface area contributed by atoms with Crippen molar-refractivity contribution in [1.82, 2.24) is 10.6 Å². The summed E-state index contributed by atoms with van der Waals surface area (Å²) in [5.41, 5.74) is 1.16. The highest BCUT2D eigenvalue weighted by Gasteiger charge is 2.27. The lowest BCUT2D eigenvalue weighted by Gasteiger charge is -2.17. The zero-order valence-electron chi connectivity index (χ0n) is 19.5. The summed E-state index contributed by atoms with van der Waals surface area (Å²) in [7, 11) is 1.00. The first-order valence-corrected chi connectivity index (χ1v) is 11.6. The van der Waals surface area contributed by atoms with Crippen molar-refractivity contribution in [2.24, 2.45) is 0 Å². The molecule has 0 aromatic heterocycles. The monoisotopic (exact) mass is 468 g/mol. The molecule has 33 heavy (non-hydrogen) atoms. The van der Waals surface area contributed by atoms with Gasteiger partial charge in [-0.3, -0.25) is 9.59 Å². The van der Waals surface area contributed by atoms with E-state index in [-0.39, 0.29) is 30.5 Å². The Morgan fingerprint density at radius 3 is 1.88 bits per heavy atom. The summed E-state index contributed by atoms with van der Waals surface area (Å²) in [6, 6.07) is 9.86. The van der Waals surface area contributed by atoms with Crippen LogP contribution in [0.4, 0.5) is 0 Å². The maximum absolute atomic E-state index is 11.0. The van der Waals surface area contributed by atoms with Gasteiger partial charge in [0.2, 0.25) is 11.8 Å². The second kappa shape index (κ2) is 17.4. The molecule has 188 valence electrons. The van der Waals surface area contributed by atoms with Crippen molar-refractivity contribution < 1.29 is 34.8 Å². The molecule has 0 saturated carbocycles. The van der Waals surface area contributed by atoms with Crippen molar-refractivity contribution in [1.29, 1.82) is 0 Å². The molecule has 9 nitrogen and oxygen atoms in total. The Kier molecular flexibility index (Phi) is 15.3. The van der Waals surface area contributed by atoms with Crippen LogP contribution in [0.15, 0.2) is 30.3 Å². The van der Waals surface area contributed by atoms with Crippen LogP contribution in [0.1, 0.15) is 56.9 Å². The Labute approximate surface area is 196 Å². The summed E-state index contributed by atoms with van der Waals surface area (Å²) in [6.07, 6.45) is 4.17. The van der Waals surface area contributed by atoms with Gasteiger partial charge in [0.05, 0.1) is 30.9 Å². The molecule has 2 aliphatic rings. The highest BCUT2D eigenvalue weighted by Crippen LogP contribution is 2.15. The number of ether oxygens (including phenoxy) is 1. The van der Waals surface area contributed by atoms with Crippen LogP contribution >= 0.6 is 0 Å². The third-order valence-electron chi connectivity index (χ3n) is 5.54. The van der Waals surface area contributed by atoms with Crippen molar-refractivity contribution in [3.8, 4) is 0 Å². The first kappa shape index (κ1) is 29.0. The molecule has 6 N–H and O–H groups in total. The average Bonchev–Trinajstić information content (AvgIpc) is 3.48. The van der Waals surface area contributed by atoms with Gasteiger partial charge >= 0.3 is 0 Å². The highest BCUT2D eigenvalue weighted by molar-refractivity contribution is 5.78. The first-order valence-electron chi connectivity index (χ1n) is 11.6. The molecule has 0 bridgehead atoms. The van der Waals surface area contributed by atoms with E-state index in [1.807, 2.05) is 30.3 Å². The summed E-state index contributed by atoms with van der Waals surface area (Å²) in [5.74, 6) is 0.0624. The van der Waals surface area contributed by atoms with Gasteiger partial charge in [-0.1, -0.05) is 30.3 Å². The smallest absolute Gasteiger partial charge is 0.220 e. The van der Waals surface area contributed by atoms with Crippen LogP contribution < -0.4 is 10.6 Å². The quantitative estimate of drug-likeness (QED) is 0.261. The lowest BCUT2D eigenvalue weighted by molar-refractivity contribution is -0.120. The minimum Gasteiger partial charge on any atom is -0.400 e. The summed E-state index contributed by atoms with van der Waals surface area (Å²) in [5, 5.41) is 40.4. The van der Waals surface area contributed by atoms with E-state index in [2.05, 4.69) is 10.6 Å². The maximum Gasteiger partial charge on any atom is 0.220 e. The van der Waals surface area contributed by atoms with Gasteiger partial charge in [-0.25, -0.2) is 0 Å². The van der Waals surface area contributed by atoms with E-state index >= 15 is 0 Å². The Balaban J connectivity index is 0.000000335. The number of nitrogens with one attached hydrogen (secondary N) is 2. The Morgan fingerprint density at radius 1 is 0.909 bits per heavy atom. The molecular formula is C24H40N2O7. The molecule has 2 aliphatic heterocycles. The van der Waals surface area contributed by atoms with Crippen LogP contribution in [-0.4, -0.2) is 76.9 Å². The number of aliphatic hydroxyl groups is 4. The summed E-state index contributed by atoms with van der Waals surface area (Å²) < 4.78 is 5.56. The molecule has 1 aromatic rings. The van der Waals surface area contributed by atoms with Gasteiger partial charge in [0.25, 0.3) is 0 Å². The zero-order chi connectivity index (χ0) is 24.5. The predicted octanol–water partition coefficient (Wildman–Crippen LogP) is 0.630. The number of aliphatic hydroxyl groups excluding tert-OH is 4. The van der Waals surface area contributed by atoms with E-state index in [1.165, 1.54) is 0 Å². The molecule has 2 fully saturated rings. The third kappa shape index (κ3) is 12.1. The lowest BCUT2D eigenvalue weighted by atomic mass is 10.1. The molecule has 4 atom stereocenters. The largest absolute Gasteiger partial charge is 0.400 e. The number of amides is 2. The molecular weight excluding hydrogens is 428 g/mol. The summed E-state index contributed by atoms with van der Waals surface area (Å²) in [4.78, 5) is 21.8. The van der Waals surface area contributed by atoms with Gasteiger partial charge in [0.15, 0.2) is 0 Å². The van der Waals surface area contributed by atoms with Gasteiger partial charge in [-0.2, -0.15) is 0 Å². The van der Waals surface area contributed by atoms with Crippen LogP contribution in [0.5, 0.6) is 0 Å². The fraction of sp³-hybridized carbons (Fsp3) is 0.667. The molecule has 4 unspecified atom stereocenters. The van der Waals surface area contributed by atoms with Crippen LogP contribution in [0.2, 0.25) is 0 Å². The van der Waals surface area contributed by atoms with Gasteiger partial charge in [0, 0.05) is 33.2 Å². The van der Waals surface area contributed by atoms with Crippen LogP contribution in [0.25, 0.3) is 0 Å². The second-order valence-corrected chi connectivity index (χ2v) is 8.11. The van der Waals surface area contributed by atoms with Crippen LogP contribution in [-0.2, 0) is 20.9 Å². The SMILES string of the molecule is CO.O=C1CCC(C(O)CCCO)N1.O=C1CCC(C(O)CCCOCc2ccccc2)N1. The molecule has 0 radical (unpaired) electrons. The van der Waals surface area contributed by atoms with Crippen LogP contribution in [0, 0.1) is 0 Å². The van der Waals surface area contributed by atoms with Crippen LogP contribution in [0.3, 0.4) is 0 Å². The normalized spacial score (nSPS) is 21.1. The molecule has 0 aliphatic carbocycles. The first-order chi connectivity index (χ1) is 16.0. The van der Waals surface area contributed by atoms with E-state index in [9.17, 15) is 19.8 Å². The van der Waals surface area contributed by atoms with Crippen molar-refractivity contribution in [3.63, 3.8) is 0 Å². The number of hydrogen-bond acceptors (Lipinski definition) is 7. The summed E-state index contributed by atoms with van der Waals surface area (Å²) >= 11 is 0. The van der Waals surface area contributed by atoms with Crippen molar-refractivity contribution in [2.45, 2.75) is 82.3 Å². The van der Waals surface area contributed by atoms with E-state index in [0.717, 1.165) is 25.5 Å². The van der Waals surface area contributed by atoms with E-state index in [1.54, 1.807) is 0 Å². The zero-order valence-corrected chi connectivity index (χ0v) is 19.5. The maximum atomic E-state index is 11.0. The highest BCUT2D eigenvalue weighted by atomic mass is 16.5. The third-order valence-corrected chi connectivity index (χ3v) is 5.54. The number of rotatable bonds is 11. The Bertz CT molecular complexity index is 659. The van der Waals surface area contributed by atoms with E-state index in [4.69, 9.17) is 14.9 Å². The number of carbonyl (C=O) groups excluding carboxylic acids is 2. The van der Waals surface area contributed by atoms with Gasteiger partial charge < -0.3 is 35.8 Å². The lowest BCUT2D eigenvalue weighted by Crippen LogP contribution is -2.36. The molecule has 9 heteroatoms. The number of benzene rings is 1. The number of carbonyl (C=O) groups is 2. The standard InChI is InChI=1S/C15H21NO3.C8H15NO3.CH4O/c17-14(13-8-9-15(18)16-13)7-4-10-19-11-12-5-2-1-3-6-12;10-5-1-2-7(11)6-3-4-8(12)9-6;1-2/h1-3,5-6,13-14,17H,4,7-11H2,(H,16,18);6-7,10-11H,1-5H2,(H,9,12);2H,1H3. The molecule has 2 saturated heterocycles. The molecule has 3 rings (SSSR count). The van der Waals surface area contributed by atoms with Crippen molar-refractivity contribution in [2.75, 3.05) is 20.3 Å². The average molecular weight is 469 g/mol. The Morgan fingerprint density at radius 2 is 1.42 bits per heavy atom. The fourth-order valence-corrected chi connectivity index (χ4v) is 3.71. The molecule has 2 amide bonds. The topological polar surface area (TPSA) is 148 Å². The minimum atomic E-state index is -0.497. The molecule has 0 spiro atoms. The number of hydrogen-bond donors (Lipinski definition) is 6.